The number of likely N-dealkylation sites (tertiary alicyclic amines) is 1. The zero-order chi connectivity index (χ0) is 28.7. The highest BCUT2D eigenvalue weighted by atomic mass is 19.4. The molecule has 2 fully saturated rings. The van der Waals surface area contributed by atoms with Crippen LogP contribution in [0.25, 0.3) is 11.5 Å². The summed E-state index contributed by atoms with van der Waals surface area (Å²) in [6, 6.07) is 5.01. The van der Waals surface area contributed by atoms with Crippen LogP contribution in [0.4, 0.5) is 18.0 Å². The van der Waals surface area contributed by atoms with E-state index in [4.69, 9.17) is 9.15 Å². The van der Waals surface area contributed by atoms with Crippen LogP contribution in [0.5, 0.6) is 5.75 Å². The van der Waals surface area contributed by atoms with E-state index in [1.165, 1.54) is 12.1 Å². The average molecular weight is 563 g/mol. The Morgan fingerprint density at radius 2 is 1.95 bits per heavy atom. The van der Waals surface area contributed by atoms with Crippen molar-refractivity contribution in [1.82, 2.24) is 30.2 Å². The molecule has 1 aliphatic carbocycles. The van der Waals surface area contributed by atoms with Crippen LogP contribution in [0.1, 0.15) is 62.2 Å². The lowest BCUT2D eigenvalue weighted by molar-refractivity contribution is -0.274. The van der Waals surface area contributed by atoms with Gasteiger partial charge in [0.15, 0.2) is 0 Å². The maximum absolute atomic E-state index is 13.0. The molecular weight excluding hydrogens is 533 g/mol. The minimum Gasteiger partial charge on any atom is -0.444 e. The summed E-state index contributed by atoms with van der Waals surface area (Å²) in [5.41, 5.74) is 0.332. The molecule has 1 saturated heterocycles. The Hall–Kier alpha value is -4.10. The first-order valence-corrected chi connectivity index (χ1v) is 12.9. The lowest BCUT2D eigenvalue weighted by Gasteiger charge is -2.28. The number of halogens is 3. The maximum Gasteiger partial charge on any atom is 0.573 e. The van der Waals surface area contributed by atoms with Crippen molar-refractivity contribution in [2.45, 2.75) is 76.5 Å². The fourth-order valence-electron chi connectivity index (χ4n) is 4.70. The molecule has 1 saturated carbocycles. The third kappa shape index (κ3) is 6.72. The number of hydrogen-bond donors (Lipinski definition) is 1. The van der Waals surface area contributed by atoms with Crippen molar-refractivity contribution in [3.05, 3.63) is 48.1 Å². The molecule has 1 unspecified atom stereocenters. The molecule has 5 rings (SSSR count). The Morgan fingerprint density at radius 3 is 2.60 bits per heavy atom. The van der Waals surface area contributed by atoms with Crippen molar-refractivity contribution in [2.75, 3.05) is 6.54 Å². The summed E-state index contributed by atoms with van der Waals surface area (Å²) in [6.07, 6.45) is 0.237. The van der Waals surface area contributed by atoms with Crippen LogP contribution in [0.3, 0.4) is 0 Å². The highest BCUT2D eigenvalue weighted by Gasteiger charge is 2.39. The van der Waals surface area contributed by atoms with Gasteiger partial charge in [0.1, 0.15) is 11.4 Å². The van der Waals surface area contributed by atoms with E-state index < -0.39 is 35.8 Å². The molecule has 0 radical (unpaired) electrons. The summed E-state index contributed by atoms with van der Waals surface area (Å²) in [4.78, 5) is 27.5. The molecule has 2 amide bonds. The van der Waals surface area contributed by atoms with Gasteiger partial charge in [-0.3, -0.25) is 9.48 Å². The molecule has 11 nitrogen and oxygen atoms in total. The highest BCUT2D eigenvalue weighted by Crippen LogP contribution is 2.45. The molecule has 1 aliphatic heterocycles. The van der Waals surface area contributed by atoms with Crippen molar-refractivity contribution in [3.63, 3.8) is 0 Å². The topological polar surface area (TPSA) is 125 Å². The quantitative estimate of drug-likeness (QED) is 0.446. The van der Waals surface area contributed by atoms with Crippen molar-refractivity contribution in [1.29, 1.82) is 0 Å². The lowest BCUT2D eigenvalue weighted by Crippen LogP contribution is -2.43. The predicted octanol–water partition coefficient (Wildman–Crippen LogP) is 4.52. The number of alkyl halides is 3. The molecule has 40 heavy (non-hydrogen) atoms. The third-order valence-corrected chi connectivity index (χ3v) is 6.46. The number of ether oxygens (including phenoxy) is 2. The van der Waals surface area contributed by atoms with Gasteiger partial charge in [0, 0.05) is 30.5 Å². The Bertz CT molecular complexity index is 1360. The number of carbonyl (C=O) groups is 2. The van der Waals surface area contributed by atoms with Gasteiger partial charge in [0.05, 0.1) is 12.6 Å². The summed E-state index contributed by atoms with van der Waals surface area (Å²) < 4.78 is 55.3. The minimum absolute atomic E-state index is 0.0852. The van der Waals surface area contributed by atoms with Crippen molar-refractivity contribution >= 4 is 12.0 Å². The predicted molar refractivity (Wildman–Crippen MR) is 133 cm³/mol. The van der Waals surface area contributed by atoms with E-state index in [1.807, 2.05) is 0 Å². The van der Waals surface area contributed by atoms with Crippen LogP contribution in [0.15, 0.2) is 41.1 Å². The van der Waals surface area contributed by atoms with Gasteiger partial charge in [-0.15, -0.1) is 23.4 Å². The van der Waals surface area contributed by atoms with Gasteiger partial charge in [-0.1, -0.05) is 6.07 Å². The van der Waals surface area contributed by atoms with Crippen LogP contribution in [0.2, 0.25) is 0 Å². The van der Waals surface area contributed by atoms with Crippen LogP contribution >= 0.6 is 0 Å². The zero-order valence-electron chi connectivity index (χ0n) is 22.1. The molecule has 2 atom stereocenters. The van der Waals surface area contributed by atoms with E-state index in [-0.39, 0.29) is 35.8 Å². The number of carbonyl (C=O) groups excluding carboxylic acids is 2. The van der Waals surface area contributed by atoms with E-state index in [0.717, 1.165) is 18.4 Å². The normalized spacial score (nSPS) is 19.5. The van der Waals surface area contributed by atoms with Gasteiger partial charge in [0.25, 0.3) is 0 Å². The van der Waals surface area contributed by atoms with Gasteiger partial charge in [-0.2, -0.15) is 5.10 Å². The number of benzene rings is 1. The summed E-state index contributed by atoms with van der Waals surface area (Å²) in [7, 11) is 0. The van der Waals surface area contributed by atoms with Crippen LogP contribution in [-0.2, 0) is 11.3 Å². The van der Waals surface area contributed by atoms with Gasteiger partial charge in [0.2, 0.25) is 5.89 Å². The Labute approximate surface area is 227 Å². The number of amides is 2. The van der Waals surface area contributed by atoms with Crippen molar-refractivity contribution < 1.29 is 36.7 Å². The van der Waals surface area contributed by atoms with Gasteiger partial charge in [-0.05, 0) is 69.7 Å². The zero-order valence-corrected chi connectivity index (χ0v) is 22.1. The van der Waals surface area contributed by atoms with E-state index in [1.54, 1.807) is 54.9 Å². The summed E-state index contributed by atoms with van der Waals surface area (Å²) in [5, 5.41) is 14.8. The summed E-state index contributed by atoms with van der Waals surface area (Å²) in [5.74, 6) is -1.37. The molecule has 2 aliphatic rings. The Morgan fingerprint density at radius 1 is 1.18 bits per heavy atom. The second-order valence-corrected chi connectivity index (χ2v) is 10.9. The molecule has 1 aromatic carbocycles. The molecule has 214 valence electrons. The van der Waals surface area contributed by atoms with E-state index in [0.29, 0.717) is 13.0 Å². The average Bonchev–Trinajstić information content (AvgIpc) is 3.21. The SMILES string of the molecule is CC(C)(C)OC(=O)N1CC(NC(=O)c2nnc(-c3cc(OC(F)(F)F)ccc3C3CC3)o2)C[C@@H]1Cn1cccn1. The Balaban J connectivity index is 1.31. The van der Waals surface area contributed by atoms with E-state index in [2.05, 4.69) is 25.3 Å². The number of nitrogens with zero attached hydrogens (tertiary/aromatic N) is 5. The first-order valence-electron chi connectivity index (χ1n) is 12.9. The third-order valence-electron chi connectivity index (χ3n) is 6.46. The van der Waals surface area contributed by atoms with Gasteiger partial charge >= 0.3 is 24.3 Å². The monoisotopic (exact) mass is 562 g/mol. The molecule has 14 heteroatoms. The number of aromatic nitrogens is 4. The molecule has 0 bridgehead atoms. The Kier molecular flexibility index (Phi) is 7.19. The van der Waals surface area contributed by atoms with Gasteiger partial charge in [-0.25, -0.2) is 4.79 Å². The second-order valence-electron chi connectivity index (χ2n) is 10.9. The summed E-state index contributed by atoms with van der Waals surface area (Å²) >= 11 is 0. The van der Waals surface area contributed by atoms with Crippen LogP contribution in [0, 0.1) is 0 Å². The highest BCUT2D eigenvalue weighted by molar-refractivity contribution is 5.90. The van der Waals surface area contributed by atoms with Gasteiger partial charge < -0.3 is 24.1 Å². The first kappa shape index (κ1) is 27.5. The fourth-order valence-corrected chi connectivity index (χ4v) is 4.70. The van der Waals surface area contributed by atoms with Crippen molar-refractivity contribution in [3.8, 4) is 17.2 Å². The molecule has 0 spiro atoms. The first-order chi connectivity index (χ1) is 18.8. The number of hydrogen-bond acceptors (Lipinski definition) is 8. The lowest BCUT2D eigenvalue weighted by atomic mass is 10.0. The minimum atomic E-state index is -4.86. The standard InChI is InChI=1S/C26H29F3N6O5/c1-25(2,3)40-24(37)35-13-16(11-17(35)14-34-10-4-9-30-34)31-21(36)23-33-32-22(38-23)20-12-18(39-26(27,28)29)7-8-19(20)15-5-6-15/h4,7-10,12,15-17H,5-6,11,13-14H2,1-3H3,(H,31,36)/t16?,17-/m1/s1. The second kappa shape index (κ2) is 10.5. The molecule has 2 aromatic heterocycles. The number of nitrogens with one attached hydrogen (secondary N) is 1. The van der Waals surface area contributed by atoms with Crippen LogP contribution in [-0.4, -0.2) is 67.5 Å². The smallest absolute Gasteiger partial charge is 0.444 e. The van der Waals surface area contributed by atoms with Crippen LogP contribution < -0.4 is 10.1 Å². The van der Waals surface area contributed by atoms with Crippen molar-refractivity contribution in [2.24, 2.45) is 0 Å². The molecule has 3 heterocycles. The molecule has 3 aromatic rings. The molecule has 1 N–H and O–H groups in total. The largest absolute Gasteiger partial charge is 0.573 e. The fraction of sp³-hybridized carbons (Fsp3) is 0.500. The maximum atomic E-state index is 13.0. The van der Waals surface area contributed by atoms with E-state index in [9.17, 15) is 22.8 Å². The molecular formula is C26H29F3N6O5. The number of rotatable bonds is 7. The van der Waals surface area contributed by atoms with E-state index >= 15 is 0 Å². The summed E-state index contributed by atoms with van der Waals surface area (Å²) in [6.45, 7) is 5.92.